The Hall–Kier alpha value is -3.79. The molecule has 0 amide bonds. The van der Waals surface area contributed by atoms with Gasteiger partial charge in [-0.05, 0) is 62.6 Å². The highest BCUT2D eigenvalue weighted by Gasteiger charge is 2.28. The zero-order valence-corrected chi connectivity index (χ0v) is 17.2. The van der Waals surface area contributed by atoms with E-state index >= 15 is 0 Å². The number of hydrogen-bond acceptors (Lipinski definition) is 6. The summed E-state index contributed by atoms with van der Waals surface area (Å²) in [6.07, 6.45) is 0.486. The zero-order valence-electron chi connectivity index (χ0n) is 17.2. The maximum absolute atomic E-state index is 13.2. The smallest absolute Gasteiger partial charge is 0.271 e. The standard InChI is InChI=1S/C23H22N2O5/c1-13-7-5-9-19(14(13)2)30-16(4)21(26)20-15(3)18(11-24)22(27)25(23(20)28)12-17-8-6-10-29-17/h5-10,16,28H,12H2,1-4H3. The fraction of sp³-hybridized carbons (Fsp3) is 0.261. The zero-order chi connectivity index (χ0) is 22.0. The van der Waals surface area contributed by atoms with Crippen LogP contribution in [0.25, 0.3) is 0 Å². The maximum Gasteiger partial charge on any atom is 0.271 e. The topological polar surface area (TPSA) is 105 Å². The number of aromatic hydroxyl groups is 1. The molecule has 0 aliphatic heterocycles. The van der Waals surface area contributed by atoms with Crippen LogP contribution >= 0.6 is 0 Å². The van der Waals surface area contributed by atoms with Crippen LogP contribution in [0.2, 0.25) is 0 Å². The van der Waals surface area contributed by atoms with Crippen molar-refractivity contribution in [1.29, 1.82) is 5.26 Å². The Morgan fingerprint density at radius 3 is 2.60 bits per heavy atom. The molecule has 0 fully saturated rings. The van der Waals surface area contributed by atoms with Gasteiger partial charge < -0.3 is 14.3 Å². The summed E-state index contributed by atoms with van der Waals surface area (Å²) in [4.78, 5) is 25.9. The monoisotopic (exact) mass is 406 g/mol. The van der Waals surface area contributed by atoms with E-state index in [-0.39, 0.29) is 23.2 Å². The number of ether oxygens (including phenoxy) is 1. The number of aromatic nitrogens is 1. The number of nitrogens with zero attached hydrogens (tertiary/aromatic N) is 2. The summed E-state index contributed by atoms with van der Waals surface area (Å²) in [5, 5.41) is 20.3. The highest BCUT2D eigenvalue weighted by atomic mass is 16.5. The van der Waals surface area contributed by atoms with Gasteiger partial charge in [-0.1, -0.05) is 12.1 Å². The van der Waals surface area contributed by atoms with Crippen LogP contribution in [0.15, 0.2) is 45.8 Å². The van der Waals surface area contributed by atoms with Crippen LogP contribution in [0, 0.1) is 32.1 Å². The second-order valence-corrected chi connectivity index (χ2v) is 7.10. The van der Waals surface area contributed by atoms with Crippen molar-refractivity contribution in [2.24, 2.45) is 0 Å². The van der Waals surface area contributed by atoms with E-state index in [0.717, 1.165) is 15.7 Å². The van der Waals surface area contributed by atoms with Gasteiger partial charge >= 0.3 is 0 Å². The van der Waals surface area contributed by atoms with Gasteiger partial charge in [0.05, 0.1) is 18.4 Å². The summed E-state index contributed by atoms with van der Waals surface area (Å²) >= 11 is 0. The number of pyridine rings is 1. The minimum absolute atomic E-state index is 0.112. The number of carbonyl (C=O) groups excluding carboxylic acids is 1. The van der Waals surface area contributed by atoms with Gasteiger partial charge in [-0.2, -0.15) is 5.26 Å². The lowest BCUT2D eigenvalue weighted by molar-refractivity contribution is 0.0811. The van der Waals surface area contributed by atoms with Crippen molar-refractivity contribution >= 4 is 5.78 Å². The van der Waals surface area contributed by atoms with Gasteiger partial charge in [0.15, 0.2) is 6.10 Å². The third kappa shape index (κ3) is 3.72. The molecule has 0 aliphatic carbocycles. The minimum Gasteiger partial charge on any atom is -0.494 e. The normalized spacial score (nSPS) is 11.7. The average molecular weight is 406 g/mol. The molecule has 1 aromatic carbocycles. The van der Waals surface area contributed by atoms with Crippen LogP contribution in [0.3, 0.4) is 0 Å². The van der Waals surface area contributed by atoms with Crippen molar-refractivity contribution in [2.75, 3.05) is 0 Å². The van der Waals surface area contributed by atoms with E-state index in [2.05, 4.69) is 0 Å². The predicted octanol–water partition coefficient (Wildman–Crippen LogP) is 3.64. The van der Waals surface area contributed by atoms with Gasteiger partial charge in [0, 0.05) is 0 Å². The van der Waals surface area contributed by atoms with Crippen molar-refractivity contribution in [3.8, 4) is 17.7 Å². The first kappa shape index (κ1) is 20.9. The molecule has 30 heavy (non-hydrogen) atoms. The number of Topliss-reactive ketones (excluding diaryl/α,β-unsaturated/α-hetero) is 1. The lowest BCUT2D eigenvalue weighted by Crippen LogP contribution is -2.31. The van der Waals surface area contributed by atoms with Crippen LogP contribution in [0.4, 0.5) is 0 Å². The molecule has 2 heterocycles. The number of benzene rings is 1. The molecule has 1 N–H and O–H groups in total. The van der Waals surface area contributed by atoms with Crippen LogP contribution in [0.5, 0.6) is 11.6 Å². The van der Waals surface area contributed by atoms with E-state index in [1.807, 2.05) is 32.0 Å². The molecule has 0 bridgehead atoms. The van der Waals surface area contributed by atoms with Crippen LogP contribution < -0.4 is 10.3 Å². The Labute approximate surface area is 173 Å². The molecule has 0 radical (unpaired) electrons. The Morgan fingerprint density at radius 2 is 1.97 bits per heavy atom. The molecule has 0 saturated carbocycles. The Balaban J connectivity index is 2.05. The molecule has 154 valence electrons. The number of hydrogen-bond donors (Lipinski definition) is 1. The van der Waals surface area contributed by atoms with Gasteiger partial charge in [-0.3, -0.25) is 14.2 Å². The molecule has 3 aromatic rings. The summed E-state index contributed by atoms with van der Waals surface area (Å²) in [5.41, 5.74) is 1.03. The number of aryl methyl sites for hydroxylation is 1. The first-order chi connectivity index (χ1) is 14.3. The number of nitriles is 1. The van der Waals surface area contributed by atoms with Gasteiger partial charge in [0.2, 0.25) is 11.7 Å². The Bertz CT molecular complexity index is 1200. The number of rotatable bonds is 6. The van der Waals surface area contributed by atoms with Gasteiger partial charge in [0.1, 0.15) is 23.1 Å². The van der Waals surface area contributed by atoms with Crippen molar-refractivity contribution in [3.63, 3.8) is 0 Å². The van der Waals surface area contributed by atoms with E-state index in [0.29, 0.717) is 11.5 Å². The Kier molecular flexibility index (Phi) is 5.79. The average Bonchev–Trinajstić information content (AvgIpc) is 3.22. The first-order valence-corrected chi connectivity index (χ1v) is 9.42. The van der Waals surface area contributed by atoms with E-state index in [9.17, 15) is 20.0 Å². The molecule has 1 unspecified atom stereocenters. The molecule has 3 rings (SSSR count). The first-order valence-electron chi connectivity index (χ1n) is 9.42. The molecule has 1 atom stereocenters. The van der Waals surface area contributed by atoms with Crippen molar-refractivity contribution in [3.05, 3.63) is 80.5 Å². The summed E-state index contributed by atoms with van der Waals surface area (Å²) in [5.74, 6) is -0.0967. The van der Waals surface area contributed by atoms with E-state index in [4.69, 9.17) is 9.15 Å². The molecule has 0 aliphatic rings. The fourth-order valence-electron chi connectivity index (χ4n) is 3.25. The van der Waals surface area contributed by atoms with Crippen LogP contribution in [-0.2, 0) is 6.54 Å². The molecular weight excluding hydrogens is 384 g/mol. The SMILES string of the molecule is Cc1cccc(OC(C)C(=O)c2c(C)c(C#N)c(=O)n(Cc3ccco3)c2O)c1C. The van der Waals surface area contributed by atoms with Gasteiger partial charge in [-0.25, -0.2) is 0 Å². The molecular formula is C23H22N2O5. The molecule has 2 aromatic heterocycles. The van der Waals surface area contributed by atoms with Crippen LogP contribution in [-0.4, -0.2) is 21.6 Å². The largest absolute Gasteiger partial charge is 0.494 e. The predicted molar refractivity (Wildman–Crippen MR) is 110 cm³/mol. The van der Waals surface area contributed by atoms with Crippen molar-refractivity contribution in [1.82, 2.24) is 4.57 Å². The number of furan rings is 1. The quantitative estimate of drug-likeness (QED) is 0.627. The number of carbonyl (C=O) groups is 1. The van der Waals surface area contributed by atoms with Crippen molar-refractivity contribution < 1.29 is 19.1 Å². The molecule has 0 spiro atoms. The second kappa shape index (κ2) is 8.29. The molecule has 0 saturated heterocycles. The van der Waals surface area contributed by atoms with E-state index in [1.165, 1.54) is 13.2 Å². The lowest BCUT2D eigenvalue weighted by Gasteiger charge is -2.19. The van der Waals surface area contributed by atoms with Gasteiger partial charge in [-0.15, -0.1) is 0 Å². The third-order valence-electron chi connectivity index (χ3n) is 5.17. The highest BCUT2D eigenvalue weighted by Crippen LogP contribution is 2.27. The Morgan fingerprint density at radius 1 is 1.23 bits per heavy atom. The summed E-state index contributed by atoms with van der Waals surface area (Å²) in [6, 6.07) is 10.6. The highest BCUT2D eigenvalue weighted by molar-refractivity contribution is 6.03. The molecule has 7 heteroatoms. The molecule has 7 nitrogen and oxygen atoms in total. The minimum atomic E-state index is -0.948. The van der Waals surface area contributed by atoms with Gasteiger partial charge in [0.25, 0.3) is 5.56 Å². The number of ketones is 1. The summed E-state index contributed by atoms with van der Waals surface area (Å²) < 4.78 is 12.1. The summed E-state index contributed by atoms with van der Waals surface area (Å²) in [7, 11) is 0. The fourth-order valence-corrected chi connectivity index (χ4v) is 3.25. The second-order valence-electron chi connectivity index (χ2n) is 7.10. The maximum atomic E-state index is 13.2. The van der Waals surface area contributed by atoms with Crippen LogP contribution in [0.1, 0.15) is 45.3 Å². The lowest BCUT2D eigenvalue weighted by atomic mass is 9.99. The van der Waals surface area contributed by atoms with Crippen molar-refractivity contribution in [2.45, 2.75) is 40.3 Å². The third-order valence-corrected chi connectivity index (χ3v) is 5.17. The summed E-state index contributed by atoms with van der Waals surface area (Å²) in [6.45, 7) is 6.75. The van der Waals surface area contributed by atoms with E-state index < -0.39 is 23.3 Å². The van der Waals surface area contributed by atoms with E-state index in [1.54, 1.807) is 25.1 Å².